The minimum atomic E-state index is -0.239. The molecule has 104 valence electrons. The largest absolute Gasteiger partial charge is 0.352 e. The maximum absolute atomic E-state index is 12.8. The van der Waals surface area contributed by atoms with Crippen LogP contribution in [0.1, 0.15) is 38.2 Å². The van der Waals surface area contributed by atoms with Crippen molar-refractivity contribution in [1.29, 1.82) is 0 Å². The average molecular weight is 281 g/mol. The summed E-state index contributed by atoms with van der Waals surface area (Å²) in [6.07, 6.45) is 1.52. The van der Waals surface area contributed by atoms with Gasteiger partial charge in [-0.05, 0) is 30.0 Å². The van der Waals surface area contributed by atoms with Gasteiger partial charge in [0.15, 0.2) is 0 Å². The Morgan fingerprint density at radius 2 is 2.16 bits per heavy atom. The van der Waals surface area contributed by atoms with Gasteiger partial charge < -0.3 is 5.32 Å². The standard InChI is InChI=1S/C15H20FNOS/c1-10(12-3-5-13(16)6-4-12)7-15(18)17-14-8-11(2)19-9-14/h3-6,10-11,14H,7-9H2,1-2H3,(H,17,18)/t10-,11+,14-/m0/s1. The molecule has 19 heavy (non-hydrogen) atoms. The van der Waals surface area contributed by atoms with E-state index in [0.717, 1.165) is 17.7 Å². The fourth-order valence-corrected chi connectivity index (χ4v) is 3.54. The molecule has 2 nitrogen and oxygen atoms in total. The predicted octanol–water partition coefficient (Wildman–Crippen LogP) is 3.33. The summed E-state index contributed by atoms with van der Waals surface area (Å²) in [6.45, 7) is 4.19. The first-order chi connectivity index (χ1) is 9.04. The first-order valence-electron chi connectivity index (χ1n) is 6.71. The lowest BCUT2D eigenvalue weighted by Crippen LogP contribution is -2.35. The molecule has 4 heteroatoms. The van der Waals surface area contributed by atoms with Crippen LogP contribution in [-0.2, 0) is 4.79 Å². The molecular weight excluding hydrogens is 261 g/mol. The van der Waals surface area contributed by atoms with Crippen LogP contribution in [0.15, 0.2) is 24.3 Å². The van der Waals surface area contributed by atoms with E-state index >= 15 is 0 Å². The Morgan fingerprint density at radius 1 is 1.47 bits per heavy atom. The number of amides is 1. The van der Waals surface area contributed by atoms with Gasteiger partial charge in [-0.3, -0.25) is 4.79 Å². The molecule has 1 aliphatic heterocycles. The molecule has 0 bridgehead atoms. The highest BCUT2D eigenvalue weighted by Crippen LogP contribution is 2.26. The Kier molecular flexibility index (Phi) is 4.86. The average Bonchev–Trinajstić information content (AvgIpc) is 2.75. The van der Waals surface area contributed by atoms with Gasteiger partial charge in [-0.25, -0.2) is 4.39 Å². The zero-order chi connectivity index (χ0) is 13.8. The molecule has 1 fully saturated rings. The van der Waals surface area contributed by atoms with Crippen LogP contribution in [0.4, 0.5) is 4.39 Å². The van der Waals surface area contributed by atoms with Crippen molar-refractivity contribution in [1.82, 2.24) is 5.32 Å². The van der Waals surface area contributed by atoms with Gasteiger partial charge in [-0.1, -0.05) is 26.0 Å². The maximum Gasteiger partial charge on any atom is 0.220 e. The highest BCUT2D eigenvalue weighted by atomic mass is 32.2. The van der Waals surface area contributed by atoms with Crippen molar-refractivity contribution in [2.75, 3.05) is 5.75 Å². The summed E-state index contributed by atoms with van der Waals surface area (Å²) < 4.78 is 12.8. The minimum Gasteiger partial charge on any atom is -0.352 e. The van der Waals surface area contributed by atoms with Gasteiger partial charge in [0.25, 0.3) is 0 Å². The van der Waals surface area contributed by atoms with Crippen LogP contribution in [0.5, 0.6) is 0 Å². The third-order valence-corrected chi connectivity index (χ3v) is 4.85. The van der Waals surface area contributed by atoms with Gasteiger partial charge in [0.05, 0.1) is 0 Å². The topological polar surface area (TPSA) is 29.1 Å². The van der Waals surface area contributed by atoms with E-state index in [-0.39, 0.29) is 17.6 Å². The smallest absolute Gasteiger partial charge is 0.220 e. The lowest BCUT2D eigenvalue weighted by molar-refractivity contribution is -0.121. The number of thioether (sulfide) groups is 1. The zero-order valence-electron chi connectivity index (χ0n) is 11.4. The van der Waals surface area contributed by atoms with Gasteiger partial charge in [-0.2, -0.15) is 11.8 Å². The molecule has 2 rings (SSSR count). The van der Waals surface area contributed by atoms with E-state index in [4.69, 9.17) is 0 Å². The normalized spacial score (nSPS) is 24.2. The number of hydrogen-bond donors (Lipinski definition) is 1. The second-order valence-corrected chi connectivity index (χ2v) is 6.77. The summed E-state index contributed by atoms with van der Waals surface area (Å²) in [5.74, 6) is 0.985. The molecular formula is C15H20FNOS. The highest BCUT2D eigenvalue weighted by Gasteiger charge is 2.23. The number of carbonyl (C=O) groups excluding carboxylic acids is 1. The lowest BCUT2D eigenvalue weighted by Gasteiger charge is -2.15. The maximum atomic E-state index is 12.8. The van der Waals surface area contributed by atoms with Crippen molar-refractivity contribution in [2.45, 2.75) is 43.9 Å². The van der Waals surface area contributed by atoms with Gasteiger partial charge in [-0.15, -0.1) is 0 Å². The van der Waals surface area contributed by atoms with Crippen molar-refractivity contribution in [3.63, 3.8) is 0 Å². The Labute approximate surface area is 118 Å². The van der Waals surface area contributed by atoms with Gasteiger partial charge in [0.2, 0.25) is 5.91 Å². The molecule has 0 aliphatic carbocycles. The van der Waals surface area contributed by atoms with Crippen LogP contribution in [0.3, 0.4) is 0 Å². The van der Waals surface area contributed by atoms with Crippen molar-refractivity contribution >= 4 is 17.7 Å². The molecule has 1 aromatic carbocycles. The Hall–Kier alpha value is -1.03. The van der Waals surface area contributed by atoms with Crippen LogP contribution in [0, 0.1) is 5.82 Å². The molecule has 1 aliphatic rings. The quantitative estimate of drug-likeness (QED) is 0.917. The third-order valence-electron chi connectivity index (χ3n) is 3.49. The van der Waals surface area contributed by atoms with E-state index in [2.05, 4.69) is 12.2 Å². The Morgan fingerprint density at radius 3 is 2.74 bits per heavy atom. The summed E-state index contributed by atoms with van der Waals surface area (Å²) in [5.41, 5.74) is 1.01. The zero-order valence-corrected chi connectivity index (χ0v) is 12.2. The van der Waals surface area contributed by atoms with Crippen molar-refractivity contribution < 1.29 is 9.18 Å². The fraction of sp³-hybridized carbons (Fsp3) is 0.533. The molecule has 0 aromatic heterocycles. The second kappa shape index (κ2) is 6.42. The molecule has 1 amide bonds. The highest BCUT2D eigenvalue weighted by molar-refractivity contribution is 8.00. The van der Waals surface area contributed by atoms with Gasteiger partial charge in [0, 0.05) is 23.5 Å². The number of hydrogen-bond acceptors (Lipinski definition) is 2. The number of rotatable bonds is 4. The van der Waals surface area contributed by atoms with E-state index in [1.807, 2.05) is 18.7 Å². The Bertz CT molecular complexity index is 434. The summed E-state index contributed by atoms with van der Waals surface area (Å²) >= 11 is 1.91. The van der Waals surface area contributed by atoms with E-state index in [1.165, 1.54) is 12.1 Å². The lowest BCUT2D eigenvalue weighted by atomic mass is 9.97. The molecule has 1 heterocycles. The van der Waals surface area contributed by atoms with Crippen LogP contribution in [0.2, 0.25) is 0 Å². The van der Waals surface area contributed by atoms with E-state index in [9.17, 15) is 9.18 Å². The molecule has 1 N–H and O–H groups in total. The molecule has 0 saturated carbocycles. The van der Waals surface area contributed by atoms with Crippen LogP contribution < -0.4 is 5.32 Å². The van der Waals surface area contributed by atoms with Crippen molar-refractivity contribution in [3.05, 3.63) is 35.6 Å². The summed E-state index contributed by atoms with van der Waals surface area (Å²) in [5, 5.41) is 3.73. The molecule has 3 atom stereocenters. The molecule has 0 radical (unpaired) electrons. The SMILES string of the molecule is C[C@@H]1C[C@H](NC(=O)C[C@H](C)c2ccc(F)cc2)CS1. The van der Waals surface area contributed by atoms with Crippen molar-refractivity contribution in [3.8, 4) is 0 Å². The third kappa shape index (κ3) is 4.23. The summed E-state index contributed by atoms with van der Waals surface area (Å²) in [6, 6.07) is 6.70. The molecule has 0 unspecified atom stereocenters. The van der Waals surface area contributed by atoms with E-state index in [1.54, 1.807) is 12.1 Å². The number of carbonyl (C=O) groups is 1. The van der Waals surface area contributed by atoms with Crippen LogP contribution in [0.25, 0.3) is 0 Å². The number of benzene rings is 1. The summed E-state index contributed by atoms with van der Waals surface area (Å²) in [4.78, 5) is 12.0. The first kappa shape index (κ1) is 14.4. The predicted molar refractivity (Wildman–Crippen MR) is 77.9 cm³/mol. The second-order valence-electron chi connectivity index (χ2n) is 5.30. The fourth-order valence-electron chi connectivity index (χ4n) is 2.39. The van der Waals surface area contributed by atoms with E-state index in [0.29, 0.717) is 17.7 Å². The Balaban J connectivity index is 1.83. The minimum absolute atomic E-state index is 0.0940. The van der Waals surface area contributed by atoms with Gasteiger partial charge >= 0.3 is 0 Å². The van der Waals surface area contributed by atoms with Crippen LogP contribution >= 0.6 is 11.8 Å². The van der Waals surface area contributed by atoms with E-state index < -0.39 is 0 Å². The first-order valence-corrected chi connectivity index (χ1v) is 7.76. The number of nitrogens with one attached hydrogen (secondary N) is 1. The number of halogens is 1. The monoisotopic (exact) mass is 281 g/mol. The van der Waals surface area contributed by atoms with Crippen LogP contribution in [-0.4, -0.2) is 23.0 Å². The summed E-state index contributed by atoms with van der Waals surface area (Å²) in [7, 11) is 0. The molecule has 1 saturated heterocycles. The molecule has 1 aromatic rings. The van der Waals surface area contributed by atoms with Crippen molar-refractivity contribution in [2.24, 2.45) is 0 Å². The van der Waals surface area contributed by atoms with Gasteiger partial charge in [0.1, 0.15) is 5.82 Å². The molecule has 0 spiro atoms.